The number of aromatic nitrogens is 3. The minimum atomic E-state index is -0.182. The summed E-state index contributed by atoms with van der Waals surface area (Å²) in [4.78, 5) is 30.9. The Morgan fingerprint density at radius 1 is 1.00 bits per heavy atom. The first-order valence-corrected chi connectivity index (χ1v) is 10.3. The molecule has 0 saturated heterocycles. The molecule has 0 bridgehead atoms. The van der Waals surface area contributed by atoms with Crippen molar-refractivity contribution in [1.29, 1.82) is 0 Å². The molecule has 1 amide bonds. The van der Waals surface area contributed by atoms with Gasteiger partial charge < -0.3 is 4.90 Å². The summed E-state index contributed by atoms with van der Waals surface area (Å²) in [5.74, 6) is -0.182. The van der Waals surface area contributed by atoms with Crippen molar-refractivity contribution in [3.8, 4) is 0 Å². The topological polar surface area (TPSA) is 62.2 Å². The molecule has 0 aliphatic rings. The Kier molecular flexibility index (Phi) is 6.65. The largest absolute Gasteiger partial charge is 0.308 e. The molecule has 0 spiro atoms. The fraction of sp³-hybridized carbons (Fsp3) is 0.273. The van der Waals surface area contributed by atoms with Gasteiger partial charge >= 0.3 is 0 Å². The average Bonchev–Trinajstić information content (AvgIpc) is 3.11. The number of thiazole rings is 1. The zero-order valence-electron chi connectivity index (χ0n) is 17.4. The summed E-state index contributed by atoms with van der Waals surface area (Å²) in [6, 6.07) is 11.8. The van der Waals surface area contributed by atoms with Crippen LogP contribution in [0.3, 0.4) is 0 Å². The first-order chi connectivity index (χ1) is 13.9. The fourth-order valence-electron chi connectivity index (χ4n) is 3.26. The highest BCUT2D eigenvalue weighted by atomic mass is 35.5. The van der Waals surface area contributed by atoms with E-state index < -0.39 is 0 Å². The van der Waals surface area contributed by atoms with Gasteiger partial charge in [-0.3, -0.25) is 14.7 Å². The Morgan fingerprint density at radius 3 is 2.47 bits per heavy atom. The number of fused-ring (bicyclic) bond motifs is 2. The van der Waals surface area contributed by atoms with Gasteiger partial charge in [0.2, 0.25) is 0 Å². The summed E-state index contributed by atoms with van der Waals surface area (Å²) in [6.45, 7) is 5.39. The normalized spacial score (nSPS) is 11.1. The Hall–Kier alpha value is -2.61. The molecule has 156 valence electrons. The zero-order valence-corrected chi connectivity index (χ0v) is 19.0. The number of anilines is 1. The van der Waals surface area contributed by atoms with E-state index in [9.17, 15) is 4.79 Å². The summed E-state index contributed by atoms with van der Waals surface area (Å²) in [6.07, 6.45) is 1.55. The fourth-order valence-corrected chi connectivity index (χ4v) is 4.30. The second kappa shape index (κ2) is 9.04. The van der Waals surface area contributed by atoms with E-state index in [0.29, 0.717) is 22.9 Å². The molecule has 0 fully saturated rings. The van der Waals surface area contributed by atoms with Crippen molar-refractivity contribution in [3.63, 3.8) is 0 Å². The van der Waals surface area contributed by atoms with Crippen LogP contribution in [0.1, 0.15) is 21.6 Å². The molecule has 4 aromatic rings. The standard InChI is InChI=1S/C22H23N5OS.ClH/c1-14-11-15(2)20-18(12-14)25-22(29-20)27(10-9-26(3)4)21(28)19-13-23-16-7-5-6-8-17(16)24-19;/h5-8,11-13H,9-10H2,1-4H3;1H. The first kappa shape index (κ1) is 22.1. The van der Waals surface area contributed by atoms with Crippen molar-refractivity contribution in [3.05, 3.63) is 59.4 Å². The van der Waals surface area contributed by atoms with Crippen molar-refractivity contribution < 1.29 is 4.79 Å². The highest BCUT2D eigenvalue weighted by molar-refractivity contribution is 7.22. The van der Waals surface area contributed by atoms with Crippen LogP contribution >= 0.6 is 23.7 Å². The molecule has 2 aromatic heterocycles. The average molecular weight is 442 g/mol. The Bertz CT molecular complexity index is 1210. The van der Waals surface area contributed by atoms with E-state index in [1.54, 1.807) is 22.4 Å². The van der Waals surface area contributed by atoms with E-state index in [-0.39, 0.29) is 18.3 Å². The summed E-state index contributed by atoms with van der Waals surface area (Å²) in [5, 5.41) is 0.690. The van der Waals surface area contributed by atoms with Gasteiger partial charge in [0.1, 0.15) is 5.69 Å². The van der Waals surface area contributed by atoms with E-state index in [1.807, 2.05) is 38.4 Å². The van der Waals surface area contributed by atoms with Gasteiger partial charge in [-0.2, -0.15) is 0 Å². The van der Waals surface area contributed by atoms with Gasteiger partial charge in [-0.25, -0.2) is 9.97 Å². The quantitative estimate of drug-likeness (QED) is 0.456. The molecule has 8 heteroatoms. The lowest BCUT2D eigenvalue weighted by Gasteiger charge is -2.21. The highest BCUT2D eigenvalue weighted by Gasteiger charge is 2.23. The summed E-state index contributed by atoms with van der Waals surface area (Å²) in [7, 11) is 3.98. The van der Waals surface area contributed by atoms with Gasteiger partial charge in [-0.15, -0.1) is 12.4 Å². The third-order valence-electron chi connectivity index (χ3n) is 4.72. The zero-order chi connectivity index (χ0) is 20.5. The smallest absolute Gasteiger partial charge is 0.280 e. The van der Waals surface area contributed by atoms with Crippen LogP contribution in [0.25, 0.3) is 21.3 Å². The number of aryl methyl sites for hydroxylation is 2. The molecule has 2 heterocycles. The van der Waals surface area contributed by atoms with Crippen LogP contribution in [-0.2, 0) is 0 Å². The van der Waals surface area contributed by atoms with E-state index >= 15 is 0 Å². The van der Waals surface area contributed by atoms with Crippen LogP contribution in [-0.4, -0.2) is 52.9 Å². The van der Waals surface area contributed by atoms with Gasteiger partial charge in [-0.05, 0) is 57.3 Å². The molecule has 2 aromatic carbocycles. The highest BCUT2D eigenvalue weighted by Crippen LogP contribution is 2.32. The molecular formula is C22H24ClN5OS. The molecule has 0 unspecified atom stereocenters. The number of amides is 1. The summed E-state index contributed by atoms with van der Waals surface area (Å²) in [5.41, 5.74) is 5.08. The lowest BCUT2D eigenvalue weighted by Crippen LogP contribution is -2.37. The molecule has 0 aliphatic carbocycles. The van der Waals surface area contributed by atoms with Crippen LogP contribution in [0.4, 0.5) is 5.13 Å². The van der Waals surface area contributed by atoms with Crippen LogP contribution in [0.2, 0.25) is 0 Å². The van der Waals surface area contributed by atoms with Gasteiger partial charge in [0.25, 0.3) is 5.91 Å². The van der Waals surface area contributed by atoms with E-state index in [2.05, 4.69) is 40.8 Å². The number of para-hydroxylation sites is 2. The maximum Gasteiger partial charge on any atom is 0.280 e. The molecule has 4 rings (SSSR count). The van der Waals surface area contributed by atoms with E-state index in [4.69, 9.17) is 4.98 Å². The molecule has 0 radical (unpaired) electrons. The number of rotatable bonds is 5. The van der Waals surface area contributed by atoms with Crippen molar-refractivity contribution in [2.75, 3.05) is 32.1 Å². The van der Waals surface area contributed by atoms with Gasteiger partial charge in [-0.1, -0.05) is 29.5 Å². The maximum absolute atomic E-state index is 13.4. The molecule has 0 aliphatic heterocycles. The molecule has 0 saturated carbocycles. The van der Waals surface area contributed by atoms with Crippen molar-refractivity contribution >= 4 is 56.0 Å². The summed E-state index contributed by atoms with van der Waals surface area (Å²) < 4.78 is 1.11. The van der Waals surface area contributed by atoms with Crippen LogP contribution < -0.4 is 4.90 Å². The number of carbonyl (C=O) groups is 1. The lowest BCUT2D eigenvalue weighted by atomic mass is 10.1. The number of hydrogen-bond donors (Lipinski definition) is 0. The number of benzene rings is 2. The third kappa shape index (κ3) is 4.43. The van der Waals surface area contributed by atoms with Crippen molar-refractivity contribution in [1.82, 2.24) is 19.9 Å². The number of nitrogens with zero attached hydrogens (tertiary/aromatic N) is 5. The van der Waals surface area contributed by atoms with E-state index in [1.165, 1.54) is 11.1 Å². The second-order valence-electron chi connectivity index (χ2n) is 7.43. The SMILES string of the molecule is Cc1cc(C)c2sc(N(CCN(C)C)C(=O)c3cnc4ccccc4n3)nc2c1.Cl. The minimum absolute atomic E-state index is 0. The molecule has 30 heavy (non-hydrogen) atoms. The molecule has 0 N–H and O–H groups in total. The Labute approximate surface area is 186 Å². The van der Waals surface area contributed by atoms with Gasteiger partial charge in [0.15, 0.2) is 5.13 Å². The maximum atomic E-state index is 13.4. The Morgan fingerprint density at radius 2 is 1.73 bits per heavy atom. The molecule has 0 atom stereocenters. The lowest BCUT2D eigenvalue weighted by molar-refractivity contribution is 0.0980. The third-order valence-corrected chi connectivity index (χ3v) is 5.95. The number of hydrogen-bond acceptors (Lipinski definition) is 6. The predicted octanol–water partition coefficient (Wildman–Crippen LogP) is 4.49. The van der Waals surface area contributed by atoms with Crippen molar-refractivity contribution in [2.45, 2.75) is 13.8 Å². The first-order valence-electron chi connectivity index (χ1n) is 9.48. The van der Waals surface area contributed by atoms with Crippen LogP contribution in [0.15, 0.2) is 42.6 Å². The minimum Gasteiger partial charge on any atom is -0.308 e. The number of halogens is 1. The number of likely N-dealkylation sites (N-methyl/N-ethyl adjacent to an activating group) is 1. The number of carbonyl (C=O) groups excluding carboxylic acids is 1. The van der Waals surface area contributed by atoms with Gasteiger partial charge in [0.05, 0.1) is 27.4 Å². The molecular weight excluding hydrogens is 418 g/mol. The second-order valence-corrected chi connectivity index (χ2v) is 8.41. The van der Waals surface area contributed by atoms with Crippen molar-refractivity contribution in [2.24, 2.45) is 0 Å². The van der Waals surface area contributed by atoms with Gasteiger partial charge in [0, 0.05) is 13.1 Å². The van der Waals surface area contributed by atoms with E-state index in [0.717, 1.165) is 22.3 Å². The Balaban J connectivity index is 0.00000256. The van der Waals surface area contributed by atoms with Crippen LogP contribution in [0.5, 0.6) is 0 Å². The monoisotopic (exact) mass is 441 g/mol. The predicted molar refractivity (Wildman–Crippen MR) is 126 cm³/mol. The molecule has 6 nitrogen and oxygen atoms in total. The van der Waals surface area contributed by atoms with Crippen LogP contribution in [0, 0.1) is 13.8 Å². The summed E-state index contributed by atoms with van der Waals surface area (Å²) >= 11 is 1.55.